The summed E-state index contributed by atoms with van der Waals surface area (Å²) in [6.07, 6.45) is 5.21. The molecule has 0 unspecified atom stereocenters. The minimum Gasteiger partial charge on any atom is -0.494 e. The highest BCUT2D eigenvalue weighted by Crippen LogP contribution is 2.39. The number of ether oxygens (including phenoxy) is 3. The Morgan fingerprint density at radius 1 is 0.757 bits per heavy atom. The van der Waals surface area contributed by atoms with Crippen LogP contribution in [-0.4, -0.2) is 19.8 Å². The van der Waals surface area contributed by atoms with Crippen LogP contribution in [0.4, 0.5) is 13.2 Å². The molecule has 0 aromatic heterocycles. The van der Waals surface area contributed by atoms with Gasteiger partial charge in [0, 0.05) is 11.6 Å². The molecule has 6 heteroatoms. The number of rotatable bonds is 11. The molecular formula is C31H35F3O3. The van der Waals surface area contributed by atoms with E-state index in [-0.39, 0.29) is 23.1 Å². The average molecular weight is 513 g/mol. The van der Waals surface area contributed by atoms with Gasteiger partial charge in [-0.1, -0.05) is 37.6 Å². The second-order valence-corrected chi connectivity index (χ2v) is 9.61. The van der Waals surface area contributed by atoms with Crippen LogP contribution < -0.4 is 14.2 Å². The Bertz CT molecular complexity index is 1160. The van der Waals surface area contributed by atoms with Crippen molar-refractivity contribution in [1.29, 1.82) is 0 Å². The first-order chi connectivity index (χ1) is 18.0. The molecule has 4 rings (SSSR count). The van der Waals surface area contributed by atoms with Crippen LogP contribution in [0.2, 0.25) is 0 Å². The number of hydrogen-bond donors (Lipinski definition) is 0. The molecule has 0 N–H and O–H groups in total. The van der Waals surface area contributed by atoms with E-state index in [9.17, 15) is 4.39 Å². The van der Waals surface area contributed by atoms with Crippen molar-refractivity contribution in [3.05, 3.63) is 77.6 Å². The highest BCUT2D eigenvalue weighted by Gasteiger charge is 2.27. The molecule has 0 heterocycles. The van der Waals surface area contributed by atoms with Crippen LogP contribution in [0.3, 0.4) is 0 Å². The molecule has 1 aliphatic carbocycles. The SMILES string of the molecule is CCCCOc1ccc(-c2ccc(C3CCC(COc4ccc(OCC)c(F)c4)CC3)c(F)c2F)cc1. The summed E-state index contributed by atoms with van der Waals surface area (Å²) in [5.41, 5.74) is 1.32. The molecule has 198 valence electrons. The predicted molar refractivity (Wildman–Crippen MR) is 140 cm³/mol. The van der Waals surface area contributed by atoms with Crippen molar-refractivity contribution in [2.75, 3.05) is 19.8 Å². The maximum atomic E-state index is 15.1. The van der Waals surface area contributed by atoms with Gasteiger partial charge in [0.2, 0.25) is 0 Å². The fraction of sp³-hybridized carbons (Fsp3) is 0.419. The number of benzene rings is 3. The largest absolute Gasteiger partial charge is 0.494 e. The van der Waals surface area contributed by atoms with Gasteiger partial charge in [0.15, 0.2) is 23.2 Å². The lowest BCUT2D eigenvalue weighted by molar-refractivity contribution is 0.198. The van der Waals surface area contributed by atoms with E-state index in [1.54, 1.807) is 55.5 Å². The maximum Gasteiger partial charge on any atom is 0.168 e. The summed E-state index contributed by atoms with van der Waals surface area (Å²) in [6.45, 7) is 5.41. The molecule has 3 nitrogen and oxygen atoms in total. The molecular weight excluding hydrogens is 477 g/mol. The first-order valence-electron chi connectivity index (χ1n) is 13.3. The van der Waals surface area contributed by atoms with E-state index >= 15 is 8.78 Å². The normalized spacial score (nSPS) is 17.4. The summed E-state index contributed by atoms with van der Waals surface area (Å²) in [7, 11) is 0. The highest BCUT2D eigenvalue weighted by atomic mass is 19.2. The van der Waals surface area contributed by atoms with E-state index in [1.165, 1.54) is 6.07 Å². The zero-order valence-electron chi connectivity index (χ0n) is 21.6. The van der Waals surface area contributed by atoms with E-state index in [0.29, 0.717) is 36.7 Å². The van der Waals surface area contributed by atoms with Gasteiger partial charge >= 0.3 is 0 Å². The van der Waals surface area contributed by atoms with Crippen LogP contribution in [0, 0.1) is 23.4 Å². The Morgan fingerprint density at radius 2 is 1.49 bits per heavy atom. The highest BCUT2D eigenvalue weighted by molar-refractivity contribution is 5.65. The lowest BCUT2D eigenvalue weighted by Gasteiger charge is -2.29. The summed E-state index contributed by atoms with van der Waals surface area (Å²) in [6, 6.07) is 15.1. The average Bonchev–Trinajstić information content (AvgIpc) is 2.91. The van der Waals surface area contributed by atoms with Gasteiger partial charge in [-0.3, -0.25) is 0 Å². The van der Waals surface area contributed by atoms with Crippen molar-refractivity contribution in [3.63, 3.8) is 0 Å². The summed E-state index contributed by atoms with van der Waals surface area (Å²) in [5.74, 6) is -0.349. The molecule has 1 fully saturated rings. The van der Waals surface area contributed by atoms with Gasteiger partial charge in [-0.2, -0.15) is 0 Å². The van der Waals surface area contributed by atoms with Crippen LogP contribution in [-0.2, 0) is 0 Å². The molecule has 0 aliphatic heterocycles. The first-order valence-corrected chi connectivity index (χ1v) is 13.3. The zero-order chi connectivity index (χ0) is 26.2. The van der Waals surface area contributed by atoms with Crippen molar-refractivity contribution >= 4 is 0 Å². The minimum absolute atomic E-state index is 0.0305. The van der Waals surface area contributed by atoms with Gasteiger partial charge < -0.3 is 14.2 Å². The molecule has 0 atom stereocenters. The molecule has 0 bridgehead atoms. The van der Waals surface area contributed by atoms with Crippen molar-refractivity contribution in [2.45, 2.75) is 58.3 Å². The van der Waals surface area contributed by atoms with Crippen LogP contribution in [0.5, 0.6) is 17.2 Å². The Labute approximate surface area is 217 Å². The van der Waals surface area contributed by atoms with Gasteiger partial charge in [0.25, 0.3) is 0 Å². The Balaban J connectivity index is 1.33. The lowest BCUT2D eigenvalue weighted by atomic mass is 9.78. The third-order valence-electron chi connectivity index (χ3n) is 7.02. The van der Waals surface area contributed by atoms with E-state index in [1.807, 2.05) is 0 Å². The maximum absolute atomic E-state index is 15.1. The van der Waals surface area contributed by atoms with E-state index in [4.69, 9.17) is 14.2 Å². The Hall–Kier alpha value is -3.15. The Kier molecular flexibility index (Phi) is 9.37. The van der Waals surface area contributed by atoms with Crippen LogP contribution in [0.15, 0.2) is 54.6 Å². The van der Waals surface area contributed by atoms with Crippen LogP contribution in [0.1, 0.15) is 63.9 Å². The summed E-state index contributed by atoms with van der Waals surface area (Å²) < 4.78 is 61.0. The molecule has 1 aliphatic rings. The molecule has 37 heavy (non-hydrogen) atoms. The summed E-state index contributed by atoms with van der Waals surface area (Å²) >= 11 is 0. The van der Waals surface area contributed by atoms with Gasteiger partial charge in [-0.25, -0.2) is 13.2 Å². The smallest absolute Gasteiger partial charge is 0.168 e. The standard InChI is InChI=1S/C31H35F3O3/c1-3-5-18-36-24-12-10-23(11-13-24)27-16-15-26(30(33)31(27)34)22-8-6-21(7-9-22)20-37-25-14-17-29(35-4-2)28(32)19-25/h10-17,19,21-22H,3-9,18,20H2,1-2H3. The first kappa shape index (κ1) is 26.9. The lowest BCUT2D eigenvalue weighted by Crippen LogP contribution is -2.20. The van der Waals surface area contributed by atoms with Crippen molar-refractivity contribution in [1.82, 2.24) is 0 Å². The monoisotopic (exact) mass is 512 g/mol. The molecule has 0 saturated heterocycles. The molecule has 3 aromatic rings. The number of halogens is 3. The summed E-state index contributed by atoms with van der Waals surface area (Å²) in [4.78, 5) is 0. The number of hydrogen-bond acceptors (Lipinski definition) is 3. The van der Waals surface area contributed by atoms with E-state index in [0.717, 1.165) is 44.3 Å². The molecule has 1 saturated carbocycles. The molecule has 0 radical (unpaired) electrons. The Morgan fingerprint density at radius 3 is 2.16 bits per heavy atom. The van der Waals surface area contributed by atoms with Gasteiger partial charge in [0.05, 0.1) is 19.8 Å². The van der Waals surface area contributed by atoms with E-state index < -0.39 is 17.5 Å². The fourth-order valence-corrected chi connectivity index (χ4v) is 4.87. The van der Waals surface area contributed by atoms with E-state index in [2.05, 4.69) is 6.92 Å². The second-order valence-electron chi connectivity index (χ2n) is 9.61. The van der Waals surface area contributed by atoms with Crippen molar-refractivity contribution in [3.8, 4) is 28.4 Å². The van der Waals surface area contributed by atoms with Gasteiger partial charge in [-0.05, 0) is 86.3 Å². The van der Waals surface area contributed by atoms with Gasteiger partial charge in [0.1, 0.15) is 11.5 Å². The quantitative estimate of drug-likeness (QED) is 0.241. The van der Waals surface area contributed by atoms with Crippen LogP contribution >= 0.6 is 0 Å². The van der Waals surface area contributed by atoms with Gasteiger partial charge in [-0.15, -0.1) is 0 Å². The zero-order valence-corrected chi connectivity index (χ0v) is 21.6. The third kappa shape index (κ3) is 6.79. The van der Waals surface area contributed by atoms with Crippen LogP contribution in [0.25, 0.3) is 11.1 Å². The molecule has 0 amide bonds. The summed E-state index contributed by atoms with van der Waals surface area (Å²) in [5, 5.41) is 0. The second kappa shape index (κ2) is 12.9. The fourth-order valence-electron chi connectivity index (χ4n) is 4.87. The molecule has 0 spiro atoms. The minimum atomic E-state index is -0.805. The van der Waals surface area contributed by atoms with Crippen molar-refractivity contribution < 1.29 is 27.4 Å². The third-order valence-corrected chi connectivity index (χ3v) is 7.02. The number of unbranched alkanes of at least 4 members (excludes halogenated alkanes) is 1. The molecule has 3 aromatic carbocycles. The topological polar surface area (TPSA) is 27.7 Å². The predicted octanol–water partition coefficient (Wildman–Crippen LogP) is 8.70. The van der Waals surface area contributed by atoms with Crippen molar-refractivity contribution in [2.24, 2.45) is 5.92 Å².